The summed E-state index contributed by atoms with van der Waals surface area (Å²) in [7, 11) is 0. The van der Waals surface area contributed by atoms with Crippen LogP contribution in [0.5, 0.6) is 0 Å². The monoisotopic (exact) mass is 676 g/mol. The number of halogens is 6. The molecule has 4 heterocycles. The second kappa shape index (κ2) is 14.9. The number of hydrogen-bond donors (Lipinski definition) is 0. The summed E-state index contributed by atoms with van der Waals surface area (Å²) in [6, 6.07) is 11.3. The molecule has 0 radical (unpaired) electrons. The van der Waals surface area contributed by atoms with E-state index in [1.165, 1.54) is 12.2 Å². The Kier molecular flexibility index (Phi) is 11.0. The average molecular weight is 677 g/mol. The molecule has 4 atom stereocenters. The Labute approximate surface area is 277 Å². The van der Waals surface area contributed by atoms with Gasteiger partial charge in [0.25, 0.3) is 0 Å². The van der Waals surface area contributed by atoms with Crippen LogP contribution in [0.4, 0.5) is 26.3 Å². The first-order valence-electron chi connectivity index (χ1n) is 16.4. The van der Waals surface area contributed by atoms with Gasteiger partial charge in [-0.1, -0.05) is 37.4 Å². The van der Waals surface area contributed by atoms with Gasteiger partial charge in [-0.3, -0.25) is 19.4 Å². The van der Waals surface area contributed by atoms with E-state index in [1.807, 2.05) is 9.80 Å². The molecule has 0 bridgehead atoms. The molecule has 2 aromatic rings. The number of hydrogen-bond acceptors (Lipinski definition) is 4. The van der Waals surface area contributed by atoms with Crippen LogP contribution in [0.15, 0.2) is 73.8 Å². The van der Waals surface area contributed by atoms with Gasteiger partial charge in [0.05, 0.1) is 11.1 Å². The van der Waals surface area contributed by atoms with E-state index < -0.39 is 23.5 Å². The highest BCUT2D eigenvalue weighted by Crippen LogP contribution is 2.35. The van der Waals surface area contributed by atoms with Gasteiger partial charge in [0.15, 0.2) is 0 Å². The quantitative estimate of drug-likeness (QED) is 0.255. The molecule has 0 spiro atoms. The first-order valence-corrected chi connectivity index (χ1v) is 16.4. The fraction of sp³-hybridized carbons (Fsp3) is 0.500. The smallest absolute Gasteiger partial charge is 0.337 e. The second-order valence-corrected chi connectivity index (χ2v) is 13.2. The van der Waals surface area contributed by atoms with Crippen LogP contribution in [-0.2, 0) is 35.0 Å². The van der Waals surface area contributed by atoms with Gasteiger partial charge < -0.3 is 9.80 Å². The van der Waals surface area contributed by atoms with Crippen molar-refractivity contribution in [2.24, 2.45) is 11.8 Å². The van der Waals surface area contributed by atoms with Crippen molar-refractivity contribution in [3.63, 3.8) is 0 Å². The molecule has 4 fully saturated rings. The van der Waals surface area contributed by atoms with Gasteiger partial charge in [0, 0.05) is 51.4 Å². The van der Waals surface area contributed by atoms with Crippen molar-refractivity contribution in [3.8, 4) is 0 Å². The summed E-state index contributed by atoms with van der Waals surface area (Å²) in [6.45, 7) is 13.0. The summed E-state index contributed by atoms with van der Waals surface area (Å²) in [6.07, 6.45) is -1.62. The normalized spacial score (nSPS) is 24.7. The number of likely N-dealkylation sites (tertiary alicyclic amines) is 4. The molecule has 2 aromatic carbocycles. The number of carbonyl (C=O) groups is 2. The molecule has 0 N–H and O–H groups in total. The van der Waals surface area contributed by atoms with Gasteiger partial charge >= 0.3 is 12.4 Å². The number of carbonyl (C=O) groups excluding carboxylic acids is 2. The predicted octanol–water partition coefficient (Wildman–Crippen LogP) is 6.63. The minimum Gasteiger partial charge on any atom is -0.337 e. The Hall–Kier alpha value is -3.64. The van der Waals surface area contributed by atoms with Gasteiger partial charge in [-0.15, -0.1) is 0 Å². The molecule has 4 aliphatic rings. The van der Waals surface area contributed by atoms with Crippen molar-refractivity contribution in [2.75, 3.05) is 39.3 Å². The second-order valence-electron chi connectivity index (χ2n) is 13.2. The molecule has 0 aliphatic carbocycles. The molecule has 12 heteroatoms. The van der Waals surface area contributed by atoms with E-state index in [-0.39, 0.29) is 23.9 Å². The number of amides is 2. The minimum absolute atomic E-state index is 0.0427. The van der Waals surface area contributed by atoms with Crippen LogP contribution in [0.1, 0.15) is 47.9 Å². The van der Waals surface area contributed by atoms with Gasteiger partial charge in [-0.25, -0.2) is 0 Å². The standard InChI is InChI=1S/2C18H21F3N2O/c2*1-2-17(24)23-11-14-4-3-9-22(16(14)12-23)10-13-5-7-15(8-6-13)18(19,20)21/h2*2,5-8,14,16H,1,3-4,9-12H2/t2*14-,16+/m10/s1. The third-order valence-corrected chi connectivity index (χ3v) is 10.1. The summed E-state index contributed by atoms with van der Waals surface area (Å²) in [5.41, 5.74) is 0.507. The van der Waals surface area contributed by atoms with E-state index in [9.17, 15) is 35.9 Å². The van der Waals surface area contributed by atoms with Gasteiger partial charge in [-0.2, -0.15) is 26.3 Å². The molecule has 4 aliphatic heterocycles. The predicted molar refractivity (Wildman–Crippen MR) is 170 cm³/mol. The SMILES string of the molecule is C=CC(=O)N1C[C@@H]2CCCN(Cc3ccc(C(F)(F)F)cc3)[C@@H]2C1.C=CC(=O)N1C[C@H]2CCCN(Cc3ccc(C(F)(F)F)cc3)[C@H]2C1. The van der Waals surface area contributed by atoms with Crippen molar-refractivity contribution >= 4 is 11.8 Å². The van der Waals surface area contributed by atoms with E-state index in [0.717, 1.165) is 87.3 Å². The number of rotatable bonds is 6. The van der Waals surface area contributed by atoms with E-state index in [0.29, 0.717) is 38.0 Å². The van der Waals surface area contributed by atoms with Crippen LogP contribution < -0.4 is 0 Å². The minimum atomic E-state index is -4.30. The van der Waals surface area contributed by atoms with Crippen LogP contribution in [0, 0.1) is 11.8 Å². The zero-order chi connectivity index (χ0) is 34.6. The fourth-order valence-corrected chi connectivity index (χ4v) is 7.63. The lowest BCUT2D eigenvalue weighted by Crippen LogP contribution is -2.44. The van der Waals surface area contributed by atoms with Crippen molar-refractivity contribution in [3.05, 3.63) is 96.1 Å². The Morgan fingerprint density at radius 3 is 1.29 bits per heavy atom. The van der Waals surface area contributed by atoms with Crippen molar-refractivity contribution in [2.45, 2.75) is 63.2 Å². The maximum atomic E-state index is 12.7. The zero-order valence-electron chi connectivity index (χ0n) is 26.9. The Balaban J connectivity index is 0.000000188. The maximum absolute atomic E-state index is 12.7. The van der Waals surface area contributed by atoms with Crippen molar-refractivity contribution in [1.29, 1.82) is 0 Å². The van der Waals surface area contributed by atoms with Crippen LogP contribution in [0.3, 0.4) is 0 Å². The Morgan fingerprint density at radius 1 is 0.625 bits per heavy atom. The molecule has 0 aromatic heterocycles. The number of nitrogens with zero attached hydrogens (tertiary/aromatic N) is 4. The number of benzene rings is 2. The topological polar surface area (TPSA) is 47.1 Å². The third kappa shape index (κ3) is 8.49. The highest BCUT2D eigenvalue weighted by atomic mass is 19.4. The van der Waals surface area contributed by atoms with Gasteiger partial charge in [0.2, 0.25) is 11.8 Å². The first-order chi connectivity index (χ1) is 22.8. The molecule has 0 saturated carbocycles. The number of piperidine rings is 2. The highest BCUT2D eigenvalue weighted by molar-refractivity contribution is 5.87. The number of fused-ring (bicyclic) bond motifs is 2. The molecule has 6 nitrogen and oxygen atoms in total. The summed E-state index contributed by atoms with van der Waals surface area (Å²) in [4.78, 5) is 31.9. The largest absolute Gasteiger partial charge is 0.416 e. The lowest BCUT2D eigenvalue weighted by molar-refractivity contribution is -0.138. The third-order valence-electron chi connectivity index (χ3n) is 10.1. The lowest BCUT2D eigenvalue weighted by atomic mass is 9.91. The summed E-state index contributed by atoms with van der Waals surface area (Å²) < 4.78 is 75.9. The Bertz CT molecular complexity index is 1330. The van der Waals surface area contributed by atoms with Crippen LogP contribution in [0.2, 0.25) is 0 Å². The van der Waals surface area contributed by atoms with E-state index in [2.05, 4.69) is 23.0 Å². The highest BCUT2D eigenvalue weighted by Gasteiger charge is 2.41. The lowest BCUT2D eigenvalue weighted by Gasteiger charge is -2.36. The summed E-state index contributed by atoms with van der Waals surface area (Å²) in [5.74, 6) is 0.798. The Morgan fingerprint density at radius 2 is 0.979 bits per heavy atom. The molecule has 4 saturated heterocycles. The first kappa shape index (κ1) is 35.7. The molecule has 0 unspecified atom stereocenters. The number of alkyl halides is 6. The van der Waals surface area contributed by atoms with Crippen LogP contribution in [0.25, 0.3) is 0 Å². The average Bonchev–Trinajstić information content (AvgIpc) is 3.70. The fourth-order valence-electron chi connectivity index (χ4n) is 7.63. The van der Waals surface area contributed by atoms with E-state index in [4.69, 9.17) is 0 Å². The van der Waals surface area contributed by atoms with Gasteiger partial charge in [0.1, 0.15) is 0 Å². The summed E-state index contributed by atoms with van der Waals surface area (Å²) in [5, 5.41) is 0. The maximum Gasteiger partial charge on any atom is 0.416 e. The molecular weight excluding hydrogens is 634 g/mol. The van der Waals surface area contributed by atoms with Crippen molar-refractivity contribution in [1.82, 2.24) is 19.6 Å². The summed E-state index contributed by atoms with van der Waals surface area (Å²) >= 11 is 0. The molecule has 2 amide bonds. The van der Waals surface area contributed by atoms with E-state index in [1.54, 1.807) is 24.3 Å². The van der Waals surface area contributed by atoms with Gasteiger partial charge in [-0.05, 0) is 98.2 Å². The van der Waals surface area contributed by atoms with E-state index >= 15 is 0 Å². The molecule has 48 heavy (non-hydrogen) atoms. The zero-order valence-corrected chi connectivity index (χ0v) is 26.9. The van der Waals surface area contributed by atoms with Crippen LogP contribution >= 0.6 is 0 Å². The molecular formula is C36H42F6N4O2. The van der Waals surface area contributed by atoms with Crippen LogP contribution in [-0.4, -0.2) is 82.8 Å². The molecule has 260 valence electrons. The van der Waals surface area contributed by atoms with Crippen molar-refractivity contribution < 1.29 is 35.9 Å². The molecule has 6 rings (SSSR count).